The fourth-order valence-corrected chi connectivity index (χ4v) is 3.83. The number of hydrogen-bond donors (Lipinski definition) is 1. The second-order valence-electron chi connectivity index (χ2n) is 6.97. The fourth-order valence-electron chi connectivity index (χ4n) is 3.83. The topological polar surface area (TPSA) is 76.2 Å². The second kappa shape index (κ2) is 5.78. The lowest BCUT2D eigenvalue weighted by molar-refractivity contribution is -0.148. The zero-order valence-corrected chi connectivity index (χ0v) is 12.7. The maximum absolute atomic E-state index is 11.6. The summed E-state index contributed by atoms with van der Waals surface area (Å²) in [7, 11) is 0. The number of hydrogen-bond acceptors (Lipinski definition) is 4. The van der Waals surface area contributed by atoms with Crippen LogP contribution in [0.4, 0.5) is 0 Å². The number of carbonyl (C=O) groups is 1. The molecule has 0 aliphatic heterocycles. The average Bonchev–Trinajstić information content (AvgIpc) is 3.10. The summed E-state index contributed by atoms with van der Waals surface area (Å²) in [6, 6.07) is 0. The van der Waals surface area contributed by atoms with E-state index in [1.165, 1.54) is 12.8 Å². The molecule has 1 aromatic rings. The average molecular weight is 292 g/mol. The highest BCUT2D eigenvalue weighted by atomic mass is 16.5. The lowest BCUT2D eigenvalue weighted by atomic mass is 9.82. The number of rotatable bonds is 4. The highest BCUT2D eigenvalue weighted by Gasteiger charge is 2.43. The van der Waals surface area contributed by atoms with Gasteiger partial charge in [0.05, 0.1) is 5.41 Å². The summed E-state index contributed by atoms with van der Waals surface area (Å²) in [6.45, 7) is 2.29. The standard InChI is InChI=1S/C16H24N2O3/c1-11-4-6-12(7-5-11)14-17-13(21-18-14)10-16(15(19)20)8-2-3-9-16/h11-12H,2-10H2,1H3,(H,19,20). The van der Waals surface area contributed by atoms with Crippen LogP contribution in [0.15, 0.2) is 4.52 Å². The fraction of sp³-hybridized carbons (Fsp3) is 0.812. The summed E-state index contributed by atoms with van der Waals surface area (Å²) < 4.78 is 5.36. The summed E-state index contributed by atoms with van der Waals surface area (Å²) in [5.74, 6) is 1.76. The maximum atomic E-state index is 11.6. The molecule has 0 spiro atoms. The van der Waals surface area contributed by atoms with Crippen molar-refractivity contribution in [2.24, 2.45) is 11.3 Å². The Kier molecular flexibility index (Phi) is 4.00. The van der Waals surface area contributed by atoms with Gasteiger partial charge < -0.3 is 9.63 Å². The first-order valence-electron chi connectivity index (χ1n) is 8.15. The van der Waals surface area contributed by atoms with Crippen LogP contribution in [0.2, 0.25) is 0 Å². The highest BCUT2D eigenvalue weighted by molar-refractivity contribution is 5.75. The number of nitrogens with zero attached hydrogens (tertiary/aromatic N) is 2. The first-order chi connectivity index (χ1) is 10.1. The van der Waals surface area contributed by atoms with Gasteiger partial charge >= 0.3 is 5.97 Å². The van der Waals surface area contributed by atoms with E-state index < -0.39 is 11.4 Å². The monoisotopic (exact) mass is 292 g/mol. The van der Waals surface area contributed by atoms with E-state index in [4.69, 9.17) is 4.52 Å². The van der Waals surface area contributed by atoms with Crippen LogP contribution in [0.1, 0.15) is 75.9 Å². The Hall–Kier alpha value is -1.39. The van der Waals surface area contributed by atoms with Gasteiger partial charge in [-0.1, -0.05) is 37.8 Å². The van der Waals surface area contributed by atoms with Gasteiger partial charge in [0, 0.05) is 12.3 Å². The molecule has 1 N–H and O–H groups in total. The van der Waals surface area contributed by atoms with E-state index >= 15 is 0 Å². The highest BCUT2D eigenvalue weighted by Crippen LogP contribution is 2.41. The molecule has 0 radical (unpaired) electrons. The van der Waals surface area contributed by atoms with Crippen molar-refractivity contribution in [2.75, 3.05) is 0 Å². The van der Waals surface area contributed by atoms with Gasteiger partial charge in [0.1, 0.15) is 0 Å². The summed E-state index contributed by atoms with van der Waals surface area (Å²) in [6.07, 6.45) is 8.46. The number of aromatic nitrogens is 2. The van der Waals surface area contributed by atoms with Crippen LogP contribution in [0.25, 0.3) is 0 Å². The molecule has 0 unspecified atom stereocenters. The largest absolute Gasteiger partial charge is 0.481 e. The third-order valence-electron chi connectivity index (χ3n) is 5.37. The van der Waals surface area contributed by atoms with E-state index in [1.807, 2.05) is 0 Å². The minimum Gasteiger partial charge on any atom is -0.481 e. The third-order valence-corrected chi connectivity index (χ3v) is 5.37. The van der Waals surface area contributed by atoms with Crippen LogP contribution < -0.4 is 0 Å². The molecule has 116 valence electrons. The van der Waals surface area contributed by atoms with Crippen LogP contribution in [0, 0.1) is 11.3 Å². The van der Waals surface area contributed by atoms with E-state index in [2.05, 4.69) is 17.1 Å². The van der Waals surface area contributed by atoms with Gasteiger partial charge in [-0.2, -0.15) is 4.98 Å². The minimum atomic E-state index is -0.716. The number of carboxylic acid groups (broad SMARTS) is 1. The first kappa shape index (κ1) is 14.5. The molecule has 2 aliphatic carbocycles. The molecule has 5 heteroatoms. The molecule has 2 aliphatic rings. The maximum Gasteiger partial charge on any atom is 0.310 e. The lowest BCUT2D eigenvalue weighted by Crippen LogP contribution is -2.30. The third kappa shape index (κ3) is 2.97. The minimum absolute atomic E-state index is 0.387. The zero-order valence-electron chi connectivity index (χ0n) is 12.7. The van der Waals surface area contributed by atoms with Gasteiger partial charge in [-0.05, 0) is 31.6 Å². The SMILES string of the molecule is CC1CCC(c2noc(CC3(C(=O)O)CCCC3)n2)CC1. The molecule has 0 saturated heterocycles. The molecule has 0 amide bonds. The van der Waals surface area contributed by atoms with Gasteiger partial charge in [0.15, 0.2) is 5.82 Å². The molecule has 2 fully saturated rings. The van der Waals surface area contributed by atoms with E-state index in [-0.39, 0.29) is 0 Å². The Bertz CT molecular complexity index is 497. The van der Waals surface area contributed by atoms with Gasteiger partial charge in [0.25, 0.3) is 0 Å². The van der Waals surface area contributed by atoms with Crippen molar-refractivity contribution in [3.05, 3.63) is 11.7 Å². The Morgan fingerprint density at radius 3 is 2.57 bits per heavy atom. The van der Waals surface area contributed by atoms with Crippen molar-refractivity contribution < 1.29 is 14.4 Å². The van der Waals surface area contributed by atoms with Crippen LogP contribution in [0.3, 0.4) is 0 Å². The van der Waals surface area contributed by atoms with Crippen LogP contribution >= 0.6 is 0 Å². The molecule has 0 atom stereocenters. The van der Waals surface area contributed by atoms with E-state index in [0.717, 1.165) is 50.3 Å². The number of carboxylic acids is 1. The summed E-state index contributed by atoms with van der Waals surface area (Å²) in [5.41, 5.74) is -0.676. The molecule has 1 aromatic heterocycles. The molecule has 3 rings (SSSR count). The quantitative estimate of drug-likeness (QED) is 0.918. The van der Waals surface area contributed by atoms with Crippen molar-refractivity contribution in [3.8, 4) is 0 Å². The van der Waals surface area contributed by atoms with Crippen LogP contribution in [0.5, 0.6) is 0 Å². The molecule has 21 heavy (non-hydrogen) atoms. The van der Waals surface area contributed by atoms with Crippen molar-refractivity contribution >= 4 is 5.97 Å². The smallest absolute Gasteiger partial charge is 0.310 e. The Balaban J connectivity index is 1.69. The van der Waals surface area contributed by atoms with Crippen molar-refractivity contribution in [1.29, 1.82) is 0 Å². The van der Waals surface area contributed by atoms with Gasteiger partial charge in [-0.15, -0.1) is 0 Å². The van der Waals surface area contributed by atoms with E-state index in [1.54, 1.807) is 0 Å². The van der Waals surface area contributed by atoms with Crippen molar-refractivity contribution in [2.45, 2.75) is 70.6 Å². The predicted octanol–water partition coefficient (Wildman–Crippen LogP) is 3.55. The van der Waals surface area contributed by atoms with Crippen LogP contribution in [-0.4, -0.2) is 21.2 Å². The Morgan fingerprint density at radius 2 is 1.95 bits per heavy atom. The second-order valence-corrected chi connectivity index (χ2v) is 6.97. The zero-order chi connectivity index (χ0) is 14.9. The molecule has 0 bridgehead atoms. The first-order valence-corrected chi connectivity index (χ1v) is 8.15. The van der Waals surface area contributed by atoms with E-state index in [9.17, 15) is 9.90 Å². The van der Waals surface area contributed by atoms with E-state index in [0.29, 0.717) is 18.2 Å². The van der Waals surface area contributed by atoms with Crippen LogP contribution in [-0.2, 0) is 11.2 Å². The van der Waals surface area contributed by atoms with Gasteiger partial charge in [0.2, 0.25) is 5.89 Å². The lowest BCUT2D eigenvalue weighted by Gasteiger charge is -2.23. The summed E-state index contributed by atoms with van der Waals surface area (Å²) >= 11 is 0. The normalized spacial score (nSPS) is 28.6. The number of aliphatic carboxylic acids is 1. The van der Waals surface area contributed by atoms with Crippen molar-refractivity contribution in [1.82, 2.24) is 10.1 Å². The molecule has 2 saturated carbocycles. The predicted molar refractivity (Wildman–Crippen MR) is 76.9 cm³/mol. The Labute approximate surface area is 125 Å². The summed E-state index contributed by atoms with van der Waals surface area (Å²) in [5, 5.41) is 13.6. The molecule has 5 nitrogen and oxygen atoms in total. The van der Waals surface area contributed by atoms with Gasteiger partial charge in [-0.3, -0.25) is 4.79 Å². The molecule has 0 aromatic carbocycles. The molecule has 1 heterocycles. The van der Waals surface area contributed by atoms with Gasteiger partial charge in [-0.25, -0.2) is 0 Å². The summed E-state index contributed by atoms with van der Waals surface area (Å²) in [4.78, 5) is 16.1. The molecular formula is C16H24N2O3. The molecular weight excluding hydrogens is 268 g/mol. The van der Waals surface area contributed by atoms with Crippen molar-refractivity contribution in [3.63, 3.8) is 0 Å². The Morgan fingerprint density at radius 1 is 1.29 bits per heavy atom.